The van der Waals surface area contributed by atoms with Gasteiger partial charge in [0.05, 0.1) is 0 Å². The fourth-order valence-electron chi connectivity index (χ4n) is 2.75. The predicted octanol–water partition coefficient (Wildman–Crippen LogP) is 1.64. The van der Waals surface area contributed by atoms with Crippen LogP contribution < -0.4 is 0 Å². The number of carbonyl (C=O) groups is 3. The number of ketones is 2. The Morgan fingerprint density at radius 1 is 1.32 bits per heavy atom. The van der Waals surface area contributed by atoms with Crippen molar-refractivity contribution in [3.63, 3.8) is 0 Å². The van der Waals surface area contributed by atoms with E-state index < -0.39 is 11.0 Å². The van der Waals surface area contributed by atoms with E-state index >= 15 is 0 Å². The van der Waals surface area contributed by atoms with E-state index in [0.29, 0.717) is 16.9 Å². The summed E-state index contributed by atoms with van der Waals surface area (Å²) in [6, 6.07) is 8.82. The minimum absolute atomic E-state index is 0.0954. The molecule has 1 saturated heterocycles. The maximum atomic E-state index is 13.0. The number of amides is 1. The molecule has 6 heteroatoms. The number of benzene rings is 1. The third-order valence-corrected chi connectivity index (χ3v) is 5.45. The number of thioether (sulfide) groups is 1. The number of Topliss-reactive ketones (excluding diaryl/α,β-unsaturated/α-hetero) is 2. The third-order valence-electron chi connectivity index (χ3n) is 3.96. The highest BCUT2D eigenvalue weighted by Gasteiger charge is 2.66. The summed E-state index contributed by atoms with van der Waals surface area (Å²) in [4.78, 5) is 37.0. The van der Waals surface area contributed by atoms with Crippen LogP contribution in [0.25, 0.3) is 0 Å². The summed E-state index contributed by atoms with van der Waals surface area (Å²) < 4.78 is 5.26. The highest BCUT2D eigenvalue weighted by molar-refractivity contribution is 8.01. The largest absolute Gasteiger partial charge is 0.368 e. The summed E-state index contributed by atoms with van der Waals surface area (Å²) in [6.45, 7) is 1.45. The molecule has 2 atom stereocenters. The molecule has 1 aromatic rings. The van der Waals surface area contributed by atoms with Crippen molar-refractivity contribution < 1.29 is 19.1 Å². The molecule has 1 aromatic carbocycles. The zero-order valence-corrected chi connectivity index (χ0v) is 13.1. The second-order valence-electron chi connectivity index (χ2n) is 5.21. The van der Waals surface area contributed by atoms with Crippen molar-refractivity contribution in [2.75, 3.05) is 12.9 Å². The highest BCUT2D eigenvalue weighted by atomic mass is 32.2. The molecular formula is C16H15NO4S. The van der Waals surface area contributed by atoms with Gasteiger partial charge < -0.3 is 4.74 Å². The molecule has 2 aliphatic heterocycles. The lowest BCUT2D eigenvalue weighted by Gasteiger charge is -2.55. The molecule has 2 aliphatic rings. The Kier molecular flexibility index (Phi) is 3.66. The molecule has 22 heavy (non-hydrogen) atoms. The zero-order chi connectivity index (χ0) is 15.9. The number of β-lactam (4-membered cyclic amide) rings is 1. The van der Waals surface area contributed by atoms with E-state index in [2.05, 4.69) is 0 Å². The summed E-state index contributed by atoms with van der Waals surface area (Å²) in [6.07, 6.45) is 0.673. The Morgan fingerprint density at radius 3 is 2.59 bits per heavy atom. The first-order valence-corrected chi connectivity index (χ1v) is 7.82. The molecule has 0 aliphatic carbocycles. The molecule has 5 nitrogen and oxygen atoms in total. The van der Waals surface area contributed by atoms with E-state index in [1.54, 1.807) is 24.3 Å². The van der Waals surface area contributed by atoms with Crippen LogP contribution in [0.4, 0.5) is 0 Å². The van der Waals surface area contributed by atoms with E-state index in [0.717, 1.165) is 0 Å². The maximum absolute atomic E-state index is 13.0. The number of carbonyl (C=O) groups excluding carboxylic acids is 3. The molecule has 2 unspecified atom stereocenters. The van der Waals surface area contributed by atoms with E-state index in [9.17, 15) is 14.4 Å². The number of hydrogen-bond acceptors (Lipinski definition) is 5. The summed E-state index contributed by atoms with van der Waals surface area (Å²) in [5, 5.41) is 0. The molecule has 0 aromatic heterocycles. The summed E-state index contributed by atoms with van der Waals surface area (Å²) >= 11 is 1.28. The average Bonchev–Trinajstić information content (AvgIpc) is 2.54. The maximum Gasteiger partial charge on any atom is 0.261 e. The fourth-order valence-corrected chi connectivity index (χ4v) is 4.28. The van der Waals surface area contributed by atoms with Crippen molar-refractivity contribution in [1.82, 2.24) is 4.90 Å². The fraction of sp³-hybridized carbons (Fsp3) is 0.312. The van der Waals surface area contributed by atoms with Gasteiger partial charge in [0.25, 0.3) is 5.91 Å². The van der Waals surface area contributed by atoms with Crippen molar-refractivity contribution in [3.05, 3.63) is 47.7 Å². The van der Waals surface area contributed by atoms with Gasteiger partial charge >= 0.3 is 0 Å². The number of methoxy groups -OCH3 is 1. The second-order valence-corrected chi connectivity index (χ2v) is 6.41. The van der Waals surface area contributed by atoms with Crippen molar-refractivity contribution in [2.45, 2.75) is 17.9 Å². The van der Waals surface area contributed by atoms with Crippen LogP contribution in [0.3, 0.4) is 0 Å². The molecule has 0 bridgehead atoms. The molecule has 1 fully saturated rings. The average molecular weight is 317 g/mol. The minimum Gasteiger partial charge on any atom is -0.368 e. The van der Waals surface area contributed by atoms with Gasteiger partial charge in [-0.2, -0.15) is 0 Å². The number of ether oxygens (including phenoxy) is 1. The van der Waals surface area contributed by atoms with Gasteiger partial charge in [0.2, 0.25) is 5.78 Å². The molecule has 0 spiro atoms. The number of hydrogen-bond donors (Lipinski definition) is 0. The second kappa shape index (κ2) is 5.37. The molecule has 0 N–H and O–H groups in total. The van der Waals surface area contributed by atoms with Crippen molar-refractivity contribution >= 4 is 29.2 Å². The van der Waals surface area contributed by atoms with Gasteiger partial charge in [-0.1, -0.05) is 30.3 Å². The molecular weight excluding hydrogens is 302 g/mol. The lowest BCUT2D eigenvalue weighted by atomic mass is 9.88. The van der Waals surface area contributed by atoms with E-state index in [-0.39, 0.29) is 17.5 Å². The zero-order valence-electron chi connectivity index (χ0n) is 12.2. The van der Waals surface area contributed by atoms with Crippen LogP contribution in [0.1, 0.15) is 17.3 Å². The topological polar surface area (TPSA) is 63.7 Å². The summed E-state index contributed by atoms with van der Waals surface area (Å²) in [5.74, 6) is -0.180. The van der Waals surface area contributed by atoms with Crippen molar-refractivity contribution in [3.8, 4) is 0 Å². The first-order chi connectivity index (χ1) is 10.5. The van der Waals surface area contributed by atoms with E-state index in [4.69, 9.17) is 4.74 Å². The van der Waals surface area contributed by atoms with Gasteiger partial charge in [-0.25, -0.2) is 0 Å². The van der Waals surface area contributed by atoms with Gasteiger partial charge in [0, 0.05) is 30.2 Å². The normalized spacial score (nSPS) is 26.8. The lowest BCUT2D eigenvalue weighted by Crippen LogP contribution is -2.75. The Labute approximate surface area is 132 Å². The van der Waals surface area contributed by atoms with Gasteiger partial charge in [-0.3, -0.25) is 19.3 Å². The van der Waals surface area contributed by atoms with Gasteiger partial charge in [-0.05, 0) is 6.92 Å². The molecule has 2 heterocycles. The van der Waals surface area contributed by atoms with Crippen LogP contribution in [0.2, 0.25) is 0 Å². The van der Waals surface area contributed by atoms with Gasteiger partial charge in [0.1, 0.15) is 0 Å². The van der Waals surface area contributed by atoms with Crippen LogP contribution in [0.15, 0.2) is 42.1 Å². The highest BCUT2D eigenvalue weighted by Crippen LogP contribution is 2.49. The molecule has 0 radical (unpaired) electrons. The molecule has 114 valence electrons. The predicted molar refractivity (Wildman–Crippen MR) is 82.4 cm³/mol. The van der Waals surface area contributed by atoms with Crippen LogP contribution in [0, 0.1) is 0 Å². The minimum atomic E-state index is -1.11. The monoisotopic (exact) mass is 317 g/mol. The van der Waals surface area contributed by atoms with Crippen molar-refractivity contribution in [1.29, 1.82) is 0 Å². The summed E-state index contributed by atoms with van der Waals surface area (Å²) in [7, 11) is 1.42. The standard InChI is InChI=1S/C16H15NO4S/c1-10(18)12-8-17-15(20)14(21-2)16(17,22-9-12)13(19)11-6-4-3-5-7-11/h3-8,14H,9H2,1-2H3. The smallest absolute Gasteiger partial charge is 0.261 e. The Balaban J connectivity index is 2.04. The van der Waals surface area contributed by atoms with Crippen LogP contribution in [-0.2, 0) is 14.3 Å². The Bertz CT molecular complexity index is 685. The molecule has 0 saturated carbocycles. The van der Waals surface area contributed by atoms with Gasteiger partial charge in [-0.15, -0.1) is 11.8 Å². The van der Waals surface area contributed by atoms with E-state index in [1.807, 2.05) is 6.07 Å². The first kappa shape index (κ1) is 15.0. The van der Waals surface area contributed by atoms with Crippen LogP contribution >= 0.6 is 11.8 Å². The van der Waals surface area contributed by atoms with Crippen LogP contribution in [0.5, 0.6) is 0 Å². The summed E-state index contributed by atoms with van der Waals surface area (Å²) in [5.41, 5.74) is 1.05. The first-order valence-electron chi connectivity index (χ1n) is 6.83. The van der Waals surface area contributed by atoms with Crippen LogP contribution in [-0.4, -0.2) is 46.2 Å². The van der Waals surface area contributed by atoms with E-state index in [1.165, 1.54) is 36.9 Å². The molecule has 3 rings (SSSR count). The molecule has 1 amide bonds. The number of fused-ring (bicyclic) bond motifs is 1. The van der Waals surface area contributed by atoms with Crippen molar-refractivity contribution in [2.24, 2.45) is 0 Å². The van der Waals surface area contributed by atoms with Gasteiger partial charge in [0.15, 0.2) is 16.8 Å². The Morgan fingerprint density at radius 2 is 2.00 bits per heavy atom. The SMILES string of the molecule is COC1C(=O)N2C=C(C(C)=O)CSC12C(=O)c1ccccc1. The Hall–Kier alpha value is -1.92. The number of rotatable bonds is 4. The number of nitrogens with zero attached hydrogens (tertiary/aromatic N) is 1. The quantitative estimate of drug-likeness (QED) is 0.624. The lowest BCUT2D eigenvalue weighted by molar-refractivity contribution is -0.163. The third kappa shape index (κ3) is 1.94.